The van der Waals surface area contributed by atoms with Crippen LogP contribution in [0, 0.1) is 0 Å². The Balaban J connectivity index is 2.85. The monoisotopic (exact) mass is 228 g/mol. The van der Waals surface area contributed by atoms with Crippen LogP contribution in [0.5, 0.6) is 5.75 Å². The number of thiophene rings is 1. The first kappa shape index (κ1) is 9.24. The minimum absolute atomic E-state index is 0.376. The lowest BCUT2D eigenvalue weighted by Gasteiger charge is -2.04. The third-order valence-corrected chi connectivity index (χ3v) is 4.08. The molecule has 0 bridgehead atoms. The summed E-state index contributed by atoms with van der Waals surface area (Å²) in [5.41, 5.74) is 0. The van der Waals surface area contributed by atoms with Crippen molar-refractivity contribution in [3.63, 3.8) is 0 Å². The summed E-state index contributed by atoms with van der Waals surface area (Å²) in [6.45, 7) is 0. The second-order valence-corrected chi connectivity index (χ2v) is 4.86. The second-order valence-electron chi connectivity index (χ2n) is 2.61. The van der Waals surface area contributed by atoms with Crippen LogP contribution in [0.15, 0.2) is 27.3 Å². The topological polar surface area (TPSA) is 20.2 Å². The molecule has 0 fully saturated rings. The van der Waals surface area contributed by atoms with Crippen LogP contribution < -0.4 is 0 Å². The van der Waals surface area contributed by atoms with Crippen LogP contribution in [0.2, 0.25) is 0 Å². The first-order chi connectivity index (χ1) is 6.24. The third kappa shape index (κ3) is 1.43. The van der Waals surface area contributed by atoms with Gasteiger partial charge in [-0.2, -0.15) is 0 Å². The molecular weight excluding hydrogens is 220 g/mol. The Hall–Kier alpha value is -0.320. The van der Waals surface area contributed by atoms with Crippen LogP contribution in [0.4, 0.5) is 0 Å². The summed E-state index contributed by atoms with van der Waals surface area (Å²) in [5.74, 6) is 0.376. The van der Waals surface area contributed by atoms with Crippen molar-refractivity contribution in [2.24, 2.45) is 0 Å². The zero-order valence-electron chi connectivity index (χ0n) is 6.94. The fraction of sp³-hybridized carbons (Fsp3) is 0.111. The van der Waals surface area contributed by atoms with Gasteiger partial charge in [-0.3, -0.25) is 0 Å². The molecule has 0 unspecified atom stereocenters. The zero-order chi connectivity index (χ0) is 9.42. The maximum absolute atomic E-state index is 9.81. The van der Waals surface area contributed by atoms with Gasteiger partial charge in [0, 0.05) is 10.3 Å². The molecule has 0 radical (unpaired) electrons. The van der Waals surface area contributed by atoms with Crippen LogP contribution in [-0.4, -0.2) is 11.4 Å². The molecule has 4 heteroatoms. The second kappa shape index (κ2) is 3.44. The SMILES string of the molecule is CSc1cc(S)c2sccc2c1O. The molecule has 0 aliphatic rings. The van der Waals surface area contributed by atoms with Crippen LogP contribution in [-0.2, 0) is 0 Å². The van der Waals surface area contributed by atoms with Crippen molar-refractivity contribution in [3.8, 4) is 5.75 Å². The van der Waals surface area contributed by atoms with Gasteiger partial charge < -0.3 is 5.11 Å². The number of phenols is 1. The lowest BCUT2D eigenvalue weighted by Crippen LogP contribution is -1.75. The predicted molar refractivity (Wildman–Crippen MR) is 62.5 cm³/mol. The van der Waals surface area contributed by atoms with Gasteiger partial charge in [0.15, 0.2) is 0 Å². The van der Waals surface area contributed by atoms with Gasteiger partial charge in [-0.25, -0.2) is 0 Å². The maximum atomic E-state index is 9.81. The molecule has 0 atom stereocenters. The smallest absolute Gasteiger partial charge is 0.137 e. The maximum Gasteiger partial charge on any atom is 0.137 e. The number of rotatable bonds is 1. The average molecular weight is 228 g/mol. The van der Waals surface area contributed by atoms with E-state index in [0.717, 1.165) is 19.9 Å². The summed E-state index contributed by atoms with van der Waals surface area (Å²) in [6.07, 6.45) is 1.94. The first-order valence-corrected chi connectivity index (χ1v) is 6.25. The van der Waals surface area contributed by atoms with Crippen molar-refractivity contribution < 1.29 is 5.11 Å². The van der Waals surface area contributed by atoms with Gasteiger partial charge >= 0.3 is 0 Å². The largest absolute Gasteiger partial charge is 0.506 e. The average Bonchev–Trinajstić information content (AvgIpc) is 2.60. The van der Waals surface area contributed by atoms with Crippen molar-refractivity contribution in [2.75, 3.05) is 6.26 Å². The number of fused-ring (bicyclic) bond motifs is 1. The molecular formula is C9H8OS3. The predicted octanol–water partition coefficient (Wildman–Crippen LogP) is 3.62. The summed E-state index contributed by atoms with van der Waals surface area (Å²) in [7, 11) is 0. The summed E-state index contributed by atoms with van der Waals surface area (Å²) < 4.78 is 1.05. The Morgan fingerprint density at radius 3 is 3.00 bits per heavy atom. The highest BCUT2D eigenvalue weighted by Gasteiger charge is 2.09. The Morgan fingerprint density at radius 1 is 1.54 bits per heavy atom. The van der Waals surface area contributed by atoms with E-state index in [2.05, 4.69) is 12.6 Å². The van der Waals surface area contributed by atoms with Gasteiger partial charge in [0.05, 0.1) is 9.60 Å². The Kier molecular flexibility index (Phi) is 2.45. The first-order valence-electron chi connectivity index (χ1n) is 3.70. The van der Waals surface area contributed by atoms with Crippen LogP contribution in [0.1, 0.15) is 0 Å². The minimum atomic E-state index is 0.376. The number of phenolic OH excluding ortho intramolecular Hbond substituents is 1. The van der Waals surface area contributed by atoms with Gasteiger partial charge in [0.2, 0.25) is 0 Å². The van der Waals surface area contributed by atoms with Crippen molar-refractivity contribution in [3.05, 3.63) is 17.5 Å². The summed E-state index contributed by atoms with van der Waals surface area (Å²) in [4.78, 5) is 1.82. The number of benzene rings is 1. The summed E-state index contributed by atoms with van der Waals surface area (Å²) in [6, 6.07) is 3.83. The normalized spacial score (nSPS) is 10.9. The molecule has 13 heavy (non-hydrogen) atoms. The molecule has 1 aromatic carbocycles. The molecule has 0 aliphatic heterocycles. The van der Waals surface area contributed by atoms with Gasteiger partial charge in [-0.15, -0.1) is 35.7 Å². The van der Waals surface area contributed by atoms with E-state index in [1.165, 1.54) is 11.8 Å². The van der Waals surface area contributed by atoms with Gasteiger partial charge in [-0.1, -0.05) is 0 Å². The van der Waals surface area contributed by atoms with Crippen LogP contribution >= 0.6 is 35.7 Å². The molecule has 0 saturated heterocycles. The van der Waals surface area contributed by atoms with Gasteiger partial charge in [0.25, 0.3) is 0 Å². The lowest BCUT2D eigenvalue weighted by molar-refractivity contribution is 0.469. The van der Waals surface area contributed by atoms with E-state index < -0.39 is 0 Å². The lowest BCUT2D eigenvalue weighted by atomic mass is 10.2. The third-order valence-electron chi connectivity index (χ3n) is 1.87. The number of thiol groups is 1. The molecule has 1 nitrogen and oxygen atoms in total. The number of aromatic hydroxyl groups is 1. The fourth-order valence-corrected chi connectivity index (χ4v) is 3.09. The van der Waals surface area contributed by atoms with Crippen molar-refractivity contribution in [2.45, 2.75) is 9.79 Å². The molecule has 2 rings (SSSR count). The Bertz CT molecular complexity index is 447. The number of hydrogen-bond acceptors (Lipinski definition) is 4. The molecule has 0 saturated carbocycles. The molecule has 0 aliphatic carbocycles. The van der Waals surface area contributed by atoms with Crippen LogP contribution in [0.3, 0.4) is 0 Å². The summed E-state index contributed by atoms with van der Waals surface area (Å²) >= 11 is 7.51. The van der Waals surface area contributed by atoms with E-state index in [1.807, 2.05) is 23.8 Å². The number of hydrogen-bond donors (Lipinski definition) is 2. The van der Waals surface area contributed by atoms with Crippen LogP contribution in [0.25, 0.3) is 10.1 Å². The van der Waals surface area contributed by atoms with Crippen molar-refractivity contribution in [1.29, 1.82) is 0 Å². The standard InChI is InChI=1S/C9H8OS3/c1-12-7-4-6(11)9-5(8(7)10)2-3-13-9/h2-4,10-11H,1H3. The van der Waals surface area contributed by atoms with E-state index in [1.54, 1.807) is 11.3 Å². The molecule has 0 spiro atoms. The Labute approximate surface area is 90.2 Å². The van der Waals surface area contributed by atoms with E-state index in [4.69, 9.17) is 0 Å². The molecule has 1 heterocycles. The van der Waals surface area contributed by atoms with Gasteiger partial charge in [-0.05, 0) is 23.8 Å². The van der Waals surface area contributed by atoms with E-state index in [0.29, 0.717) is 5.75 Å². The highest BCUT2D eigenvalue weighted by Crippen LogP contribution is 2.40. The van der Waals surface area contributed by atoms with E-state index in [9.17, 15) is 5.11 Å². The highest BCUT2D eigenvalue weighted by molar-refractivity contribution is 7.98. The fourth-order valence-electron chi connectivity index (χ4n) is 1.24. The minimum Gasteiger partial charge on any atom is -0.506 e. The van der Waals surface area contributed by atoms with E-state index >= 15 is 0 Å². The summed E-state index contributed by atoms with van der Waals surface area (Å²) in [5, 5.41) is 12.7. The molecule has 1 aromatic heterocycles. The molecule has 0 amide bonds. The van der Waals surface area contributed by atoms with Crippen molar-refractivity contribution in [1.82, 2.24) is 0 Å². The number of thioether (sulfide) groups is 1. The highest BCUT2D eigenvalue weighted by atomic mass is 32.2. The van der Waals surface area contributed by atoms with Crippen molar-refractivity contribution >= 4 is 45.8 Å². The Morgan fingerprint density at radius 2 is 2.31 bits per heavy atom. The molecule has 2 aromatic rings. The quantitative estimate of drug-likeness (QED) is 0.574. The van der Waals surface area contributed by atoms with Gasteiger partial charge in [0.1, 0.15) is 5.75 Å². The molecule has 68 valence electrons. The zero-order valence-corrected chi connectivity index (χ0v) is 9.47. The van der Waals surface area contributed by atoms with E-state index in [-0.39, 0.29) is 0 Å². The molecule has 1 N–H and O–H groups in total.